The van der Waals surface area contributed by atoms with Gasteiger partial charge in [-0.15, -0.1) is 38.5 Å². The SMILES string of the molecule is CCCn1cc(CO[C@H]2OC(Cn3cc(COCc4cn(C[C@H]5O[C@@](CCl)(O[C@H]6O[C@H](CO)[C@H](Cl)[C@H](O)[C@H]6O)[C@@H](O)[C@@H]5O)nn4)nn3)[C@@H](O)[C@H](O)[C@@H]2O)nn1. The van der Waals surface area contributed by atoms with E-state index < -0.39 is 97.3 Å². The molecule has 14 atom stereocenters. The zero-order valence-corrected chi connectivity index (χ0v) is 30.9. The molecular formula is C30H45Cl2N9O14. The lowest BCUT2D eigenvalue weighted by atomic mass is 9.99. The zero-order valence-electron chi connectivity index (χ0n) is 29.4. The van der Waals surface area contributed by atoms with E-state index in [2.05, 4.69) is 30.9 Å². The van der Waals surface area contributed by atoms with Gasteiger partial charge in [0, 0.05) is 6.54 Å². The van der Waals surface area contributed by atoms with Gasteiger partial charge in [0.2, 0.25) is 5.79 Å². The van der Waals surface area contributed by atoms with Crippen LogP contribution in [0.15, 0.2) is 18.6 Å². The molecule has 0 bridgehead atoms. The predicted octanol–water partition coefficient (Wildman–Crippen LogP) is -4.27. The van der Waals surface area contributed by atoms with Crippen molar-refractivity contribution < 1.29 is 69.3 Å². The summed E-state index contributed by atoms with van der Waals surface area (Å²) in [5.41, 5.74) is 1.32. The van der Waals surface area contributed by atoms with E-state index in [1.165, 1.54) is 15.6 Å². The average molecular weight is 827 g/mol. The summed E-state index contributed by atoms with van der Waals surface area (Å²) in [6.45, 7) is 1.89. The Kier molecular flexibility index (Phi) is 14.0. The number of alkyl halides is 2. The third kappa shape index (κ3) is 9.44. The van der Waals surface area contributed by atoms with E-state index in [-0.39, 0.29) is 32.9 Å². The Morgan fingerprint density at radius 2 is 1.27 bits per heavy atom. The predicted molar refractivity (Wildman–Crippen MR) is 179 cm³/mol. The number of aliphatic hydroxyl groups is 8. The van der Waals surface area contributed by atoms with Gasteiger partial charge in [-0.3, -0.25) is 4.68 Å². The minimum atomic E-state index is -2.07. The maximum atomic E-state index is 10.9. The topological polar surface area (TPSA) is 309 Å². The minimum Gasteiger partial charge on any atom is -0.394 e. The summed E-state index contributed by atoms with van der Waals surface area (Å²) in [4.78, 5) is 0. The van der Waals surface area contributed by atoms with Crippen LogP contribution >= 0.6 is 23.2 Å². The number of hydrogen-bond donors (Lipinski definition) is 8. The Bertz CT molecular complexity index is 1660. The van der Waals surface area contributed by atoms with Crippen LogP contribution in [0.4, 0.5) is 0 Å². The fourth-order valence-electron chi connectivity index (χ4n) is 6.31. The van der Waals surface area contributed by atoms with Crippen molar-refractivity contribution in [2.75, 3.05) is 12.5 Å². The molecule has 8 N–H and O–H groups in total. The third-order valence-electron chi connectivity index (χ3n) is 9.32. The van der Waals surface area contributed by atoms with Crippen LogP contribution in [0.5, 0.6) is 0 Å². The number of halogens is 2. The molecule has 3 fully saturated rings. The van der Waals surface area contributed by atoms with Gasteiger partial charge in [0.1, 0.15) is 78.1 Å². The smallest absolute Gasteiger partial charge is 0.214 e. The van der Waals surface area contributed by atoms with E-state index in [0.29, 0.717) is 23.6 Å². The molecule has 0 aliphatic carbocycles. The standard InChI is InChI=1S/C30H45Cl2N9O14/c1-2-3-39-4-16(35-36-39)12-51-28-26(48)24(46)21(43)17(52-28)7-40-5-14(33-37-40)10-50-11-15-6-41(38-34-15)8-18-22(44)27(49)30(13-31,54-18)55-29-25(47)23(45)20(32)19(9-42)53-29/h4-6,17-29,42-49H,2-3,7-13H2,1H3/t17?,18-,19-,20+,21-,22-,23+,24+,25-,26+,27+,28+,29-,30+/m1/s1. The highest BCUT2D eigenvalue weighted by Crippen LogP contribution is 2.38. The largest absolute Gasteiger partial charge is 0.394 e. The molecule has 3 saturated heterocycles. The molecular weight excluding hydrogens is 781 g/mol. The summed E-state index contributed by atoms with van der Waals surface area (Å²) in [5.74, 6) is -2.59. The highest BCUT2D eigenvalue weighted by Gasteiger charge is 2.58. The van der Waals surface area contributed by atoms with Crippen molar-refractivity contribution in [3.63, 3.8) is 0 Å². The molecule has 23 nitrogen and oxygen atoms in total. The second-order valence-electron chi connectivity index (χ2n) is 13.5. The number of aryl methyl sites for hydroxylation is 1. The monoisotopic (exact) mass is 825 g/mol. The van der Waals surface area contributed by atoms with Crippen molar-refractivity contribution in [2.45, 2.75) is 138 Å². The van der Waals surface area contributed by atoms with E-state index in [4.69, 9.17) is 51.6 Å². The fourth-order valence-corrected chi connectivity index (χ4v) is 6.88. The molecule has 3 aliphatic heterocycles. The molecule has 0 spiro atoms. The van der Waals surface area contributed by atoms with Gasteiger partial charge in [-0.1, -0.05) is 22.6 Å². The summed E-state index contributed by atoms with van der Waals surface area (Å²) in [7, 11) is 0. The fraction of sp³-hybridized carbons (Fsp3) is 0.800. The first kappa shape index (κ1) is 42.1. The second-order valence-corrected chi connectivity index (χ2v) is 14.2. The molecule has 6 rings (SSSR count). The molecule has 3 aromatic heterocycles. The Morgan fingerprint density at radius 3 is 1.89 bits per heavy atom. The summed E-state index contributed by atoms with van der Waals surface area (Å²) < 4.78 is 38.6. The van der Waals surface area contributed by atoms with Crippen LogP contribution in [0.2, 0.25) is 0 Å². The number of aromatic nitrogens is 9. The van der Waals surface area contributed by atoms with Gasteiger partial charge < -0.3 is 69.3 Å². The summed E-state index contributed by atoms with van der Waals surface area (Å²) in [6, 6.07) is 0. The Balaban J connectivity index is 0.972. The molecule has 55 heavy (non-hydrogen) atoms. The quantitative estimate of drug-likeness (QED) is 0.0598. The van der Waals surface area contributed by atoms with Crippen molar-refractivity contribution in [3.05, 3.63) is 35.7 Å². The van der Waals surface area contributed by atoms with Gasteiger partial charge in [0.25, 0.3) is 0 Å². The van der Waals surface area contributed by atoms with E-state index in [1.54, 1.807) is 17.1 Å². The third-order valence-corrected chi connectivity index (χ3v) is 10.2. The number of rotatable bonds is 17. The van der Waals surface area contributed by atoms with Crippen LogP contribution < -0.4 is 0 Å². The summed E-state index contributed by atoms with van der Waals surface area (Å²) >= 11 is 12.1. The molecule has 0 saturated carbocycles. The van der Waals surface area contributed by atoms with E-state index in [1.807, 2.05) is 6.92 Å². The Hall–Kier alpha value is -2.56. The van der Waals surface area contributed by atoms with Gasteiger partial charge >= 0.3 is 0 Å². The van der Waals surface area contributed by atoms with Crippen LogP contribution in [0, 0.1) is 0 Å². The van der Waals surface area contributed by atoms with Crippen LogP contribution in [0.1, 0.15) is 30.4 Å². The van der Waals surface area contributed by atoms with Gasteiger partial charge in [-0.2, -0.15) is 0 Å². The maximum absolute atomic E-state index is 10.9. The lowest BCUT2D eigenvalue weighted by molar-refractivity contribution is -0.358. The first-order valence-electron chi connectivity index (χ1n) is 17.5. The second kappa shape index (κ2) is 18.4. The molecule has 6 heterocycles. The van der Waals surface area contributed by atoms with E-state index >= 15 is 0 Å². The van der Waals surface area contributed by atoms with Crippen LogP contribution in [-0.2, 0) is 67.9 Å². The van der Waals surface area contributed by atoms with Crippen molar-refractivity contribution in [1.29, 1.82) is 0 Å². The molecule has 0 amide bonds. The van der Waals surface area contributed by atoms with Gasteiger partial charge in [0.05, 0.1) is 69.4 Å². The molecule has 0 aromatic carbocycles. The van der Waals surface area contributed by atoms with Gasteiger partial charge in [0.15, 0.2) is 12.6 Å². The van der Waals surface area contributed by atoms with Crippen molar-refractivity contribution in [2.24, 2.45) is 0 Å². The Morgan fingerprint density at radius 1 is 0.709 bits per heavy atom. The van der Waals surface area contributed by atoms with E-state index in [0.717, 1.165) is 6.42 Å². The molecule has 1 unspecified atom stereocenters. The lowest BCUT2D eigenvalue weighted by Crippen LogP contribution is -2.61. The number of nitrogens with zero attached hydrogens (tertiary/aromatic N) is 9. The van der Waals surface area contributed by atoms with Crippen molar-refractivity contribution in [3.8, 4) is 0 Å². The minimum absolute atomic E-state index is 0.00431. The highest BCUT2D eigenvalue weighted by atomic mass is 35.5. The van der Waals surface area contributed by atoms with Crippen molar-refractivity contribution >= 4 is 23.2 Å². The first-order valence-corrected chi connectivity index (χ1v) is 18.4. The molecule has 308 valence electrons. The number of ether oxygens (including phenoxy) is 6. The van der Waals surface area contributed by atoms with E-state index in [9.17, 15) is 40.9 Å². The zero-order chi connectivity index (χ0) is 39.4. The normalized spacial score (nSPS) is 36.8. The molecule has 25 heteroatoms. The molecule has 3 aliphatic rings. The summed E-state index contributed by atoms with van der Waals surface area (Å²) in [6.07, 6.45) is -11.5. The molecule has 0 radical (unpaired) electrons. The van der Waals surface area contributed by atoms with Crippen LogP contribution in [0.25, 0.3) is 0 Å². The number of aliphatic hydroxyl groups excluding tert-OH is 8. The van der Waals surface area contributed by atoms with Crippen molar-refractivity contribution in [1.82, 2.24) is 45.0 Å². The van der Waals surface area contributed by atoms with Crippen LogP contribution in [0.3, 0.4) is 0 Å². The average Bonchev–Trinajstić information content (AvgIpc) is 3.98. The first-order chi connectivity index (χ1) is 26.4. The summed E-state index contributed by atoms with van der Waals surface area (Å²) in [5, 5.41) is 106. The lowest BCUT2D eigenvalue weighted by Gasteiger charge is -2.43. The van der Waals surface area contributed by atoms with Gasteiger partial charge in [-0.25, -0.2) is 9.36 Å². The van der Waals surface area contributed by atoms with Crippen LogP contribution in [-0.4, -0.2) is 183 Å². The molecule has 3 aromatic rings. The maximum Gasteiger partial charge on any atom is 0.214 e. The number of hydrogen-bond acceptors (Lipinski definition) is 20. The highest BCUT2D eigenvalue weighted by molar-refractivity contribution is 6.21. The van der Waals surface area contributed by atoms with Gasteiger partial charge in [-0.05, 0) is 6.42 Å². The Labute approximate surface area is 322 Å².